The van der Waals surface area contributed by atoms with Gasteiger partial charge in [0.1, 0.15) is 11.9 Å². The van der Waals surface area contributed by atoms with E-state index < -0.39 is 24.0 Å². The lowest BCUT2D eigenvalue weighted by Gasteiger charge is -2.15. The smallest absolute Gasteiger partial charge is 0.413 e. The number of aromatic nitrogens is 6. The molecule has 1 aliphatic carbocycles. The van der Waals surface area contributed by atoms with Gasteiger partial charge in [0, 0.05) is 24.9 Å². The number of carbonyl (C=O) groups excluding carboxylic acids is 2. The van der Waals surface area contributed by atoms with Gasteiger partial charge >= 0.3 is 6.09 Å². The van der Waals surface area contributed by atoms with Crippen molar-refractivity contribution in [3.63, 3.8) is 0 Å². The lowest BCUT2D eigenvalue weighted by Crippen LogP contribution is -2.19. The van der Waals surface area contributed by atoms with Crippen LogP contribution in [0.1, 0.15) is 53.4 Å². The van der Waals surface area contributed by atoms with Crippen LogP contribution in [0.5, 0.6) is 0 Å². The lowest BCUT2D eigenvalue weighted by molar-refractivity contribution is 0.102. The maximum Gasteiger partial charge on any atom is 0.413 e. The van der Waals surface area contributed by atoms with Crippen molar-refractivity contribution in [2.24, 2.45) is 7.05 Å². The van der Waals surface area contributed by atoms with Crippen LogP contribution in [0, 0.1) is 11.8 Å². The van der Waals surface area contributed by atoms with Crippen LogP contribution in [0.3, 0.4) is 0 Å². The Morgan fingerprint density at radius 2 is 1.87 bits per heavy atom. The standard InChI is InChI=1S/C25H22F2N8O3/c1-13(18-9-16(26)11-30-22(18)27)38-25(37)32-23-21(33-34-35(23)2)20-8-6-17(12-29-20)31-24(36)15-5-7-19(28-10-15)14-3-4-14/h5-14H,3-4H2,1-2H3,(H,31,36)(H,32,37). The molecule has 194 valence electrons. The molecule has 0 radical (unpaired) electrons. The molecule has 0 spiro atoms. The van der Waals surface area contributed by atoms with E-state index in [-0.39, 0.29) is 23.0 Å². The number of hydrogen-bond acceptors (Lipinski definition) is 8. The van der Waals surface area contributed by atoms with Gasteiger partial charge in [-0.1, -0.05) is 5.21 Å². The van der Waals surface area contributed by atoms with Crippen LogP contribution in [0.25, 0.3) is 11.4 Å². The average molecular weight is 521 g/mol. The first kappa shape index (κ1) is 24.9. The zero-order valence-electron chi connectivity index (χ0n) is 20.4. The molecule has 4 aromatic heterocycles. The first-order valence-electron chi connectivity index (χ1n) is 11.7. The van der Waals surface area contributed by atoms with Crippen LogP contribution in [0.4, 0.5) is 25.1 Å². The van der Waals surface area contributed by atoms with Crippen LogP contribution in [0.15, 0.2) is 48.9 Å². The molecule has 0 aromatic carbocycles. The molecule has 1 atom stereocenters. The van der Waals surface area contributed by atoms with E-state index in [2.05, 4.69) is 35.9 Å². The molecular weight excluding hydrogens is 498 g/mol. The molecule has 4 heterocycles. The SMILES string of the molecule is CC(OC(=O)Nc1c(-c2ccc(NC(=O)c3ccc(C4CC4)nc3)cn2)nnn1C)c1cc(F)cnc1F. The molecule has 4 aromatic rings. The number of hydrogen-bond donors (Lipinski definition) is 2. The maximum atomic E-state index is 13.9. The number of anilines is 2. The third kappa shape index (κ3) is 5.45. The van der Waals surface area contributed by atoms with Crippen molar-refractivity contribution in [3.05, 3.63) is 77.5 Å². The Labute approximate surface area is 215 Å². The molecule has 5 rings (SSSR count). The summed E-state index contributed by atoms with van der Waals surface area (Å²) in [6.45, 7) is 1.38. The normalized spacial score (nSPS) is 13.6. The average Bonchev–Trinajstić information content (AvgIpc) is 3.70. The van der Waals surface area contributed by atoms with Gasteiger partial charge in [0.15, 0.2) is 11.5 Å². The fourth-order valence-electron chi connectivity index (χ4n) is 3.71. The number of pyridine rings is 3. The van der Waals surface area contributed by atoms with Gasteiger partial charge in [0.25, 0.3) is 5.91 Å². The fourth-order valence-corrected chi connectivity index (χ4v) is 3.71. The van der Waals surface area contributed by atoms with E-state index in [9.17, 15) is 18.4 Å². The molecule has 13 heteroatoms. The zero-order chi connectivity index (χ0) is 26.8. The van der Waals surface area contributed by atoms with E-state index in [1.165, 1.54) is 17.8 Å². The quantitative estimate of drug-likeness (QED) is 0.343. The second kappa shape index (κ2) is 10.3. The van der Waals surface area contributed by atoms with E-state index >= 15 is 0 Å². The molecule has 0 bridgehead atoms. The molecule has 1 saturated carbocycles. The number of rotatable bonds is 7. The van der Waals surface area contributed by atoms with Crippen molar-refractivity contribution in [2.45, 2.75) is 31.8 Å². The predicted octanol–water partition coefficient (Wildman–Crippen LogP) is 4.38. The van der Waals surface area contributed by atoms with Crippen LogP contribution >= 0.6 is 0 Å². The number of nitrogens with zero attached hydrogens (tertiary/aromatic N) is 6. The number of halogens is 2. The van der Waals surface area contributed by atoms with Crippen molar-refractivity contribution in [3.8, 4) is 11.4 Å². The molecule has 38 heavy (non-hydrogen) atoms. The molecule has 1 aliphatic rings. The Hall–Kier alpha value is -4.81. The Morgan fingerprint density at radius 1 is 1.05 bits per heavy atom. The van der Waals surface area contributed by atoms with E-state index in [4.69, 9.17) is 4.74 Å². The highest BCUT2D eigenvalue weighted by atomic mass is 19.1. The van der Waals surface area contributed by atoms with E-state index in [0.29, 0.717) is 22.9 Å². The minimum atomic E-state index is -1.12. The molecule has 1 fully saturated rings. The monoisotopic (exact) mass is 520 g/mol. The highest BCUT2D eigenvalue weighted by Crippen LogP contribution is 2.38. The fraction of sp³-hybridized carbons (Fsp3) is 0.240. The van der Waals surface area contributed by atoms with Crippen molar-refractivity contribution in [1.82, 2.24) is 29.9 Å². The van der Waals surface area contributed by atoms with Gasteiger partial charge in [-0.3, -0.25) is 20.1 Å². The number of ether oxygens (including phenoxy) is 1. The Kier molecular flexibility index (Phi) is 6.73. The van der Waals surface area contributed by atoms with Gasteiger partial charge in [-0.25, -0.2) is 18.9 Å². The summed E-state index contributed by atoms with van der Waals surface area (Å²) in [7, 11) is 1.54. The number of amides is 2. The second-order valence-electron chi connectivity index (χ2n) is 8.75. The van der Waals surface area contributed by atoms with E-state index in [1.54, 1.807) is 31.4 Å². The summed E-state index contributed by atoms with van der Waals surface area (Å²) in [5.74, 6) is -1.37. The summed E-state index contributed by atoms with van der Waals surface area (Å²) in [6.07, 6.45) is 3.92. The van der Waals surface area contributed by atoms with Gasteiger partial charge in [0.05, 0.1) is 34.9 Å². The van der Waals surface area contributed by atoms with E-state index in [0.717, 1.165) is 30.8 Å². The second-order valence-corrected chi connectivity index (χ2v) is 8.75. The van der Waals surface area contributed by atoms with Gasteiger partial charge in [-0.15, -0.1) is 5.10 Å². The molecule has 0 saturated heterocycles. The number of carbonyl (C=O) groups is 2. The van der Waals surface area contributed by atoms with Crippen LogP contribution < -0.4 is 10.6 Å². The zero-order valence-corrected chi connectivity index (χ0v) is 20.4. The summed E-state index contributed by atoms with van der Waals surface area (Å²) in [4.78, 5) is 37.0. The van der Waals surface area contributed by atoms with Gasteiger partial charge in [-0.05, 0) is 50.1 Å². The van der Waals surface area contributed by atoms with Gasteiger partial charge in [0.2, 0.25) is 5.95 Å². The maximum absolute atomic E-state index is 13.9. The third-order valence-corrected chi connectivity index (χ3v) is 5.91. The Balaban J connectivity index is 1.24. The van der Waals surface area contributed by atoms with Gasteiger partial charge < -0.3 is 10.1 Å². The lowest BCUT2D eigenvalue weighted by atomic mass is 10.2. The summed E-state index contributed by atoms with van der Waals surface area (Å²) in [5, 5.41) is 13.2. The predicted molar refractivity (Wildman–Crippen MR) is 131 cm³/mol. The van der Waals surface area contributed by atoms with Gasteiger partial charge in [-0.2, -0.15) is 4.39 Å². The number of aryl methyl sites for hydroxylation is 1. The minimum Gasteiger partial charge on any atom is -0.441 e. The summed E-state index contributed by atoms with van der Waals surface area (Å²) in [6, 6.07) is 7.75. The minimum absolute atomic E-state index is 0.158. The van der Waals surface area contributed by atoms with Crippen LogP contribution in [-0.4, -0.2) is 41.9 Å². The van der Waals surface area contributed by atoms with Crippen molar-refractivity contribution in [1.29, 1.82) is 0 Å². The third-order valence-electron chi connectivity index (χ3n) is 5.91. The highest BCUT2D eigenvalue weighted by Gasteiger charge is 2.25. The molecule has 2 amide bonds. The largest absolute Gasteiger partial charge is 0.441 e. The molecule has 0 aliphatic heterocycles. The Bertz CT molecular complexity index is 1490. The summed E-state index contributed by atoms with van der Waals surface area (Å²) >= 11 is 0. The number of nitrogens with one attached hydrogen (secondary N) is 2. The molecule has 11 nitrogen and oxygen atoms in total. The van der Waals surface area contributed by atoms with Crippen molar-refractivity contribution < 1.29 is 23.1 Å². The summed E-state index contributed by atoms with van der Waals surface area (Å²) in [5.41, 5.74) is 2.25. The van der Waals surface area contributed by atoms with Crippen molar-refractivity contribution in [2.75, 3.05) is 10.6 Å². The van der Waals surface area contributed by atoms with Crippen LogP contribution in [-0.2, 0) is 11.8 Å². The Morgan fingerprint density at radius 3 is 2.55 bits per heavy atom. The van der Waals surface area contributed by atoms with Crippen LogP contribution in [0.2, 0.25) is 0 Å². The summed E-state index contributed by atoms with van der Waals surface area (Å²) < 4.78 is 33.8. The molecular formula is C25H22F2N8O3. The first-order valence-corrected chi connectivity index (χ1v) is 11.7. The molecule has 1 unspecified atom stereocenters. The molecule has 2 N–H and O–H groups in total. The highest BCUT2D eigenvalue weighted by molar-refractivity contribution is 6.04. The first-order chi connectivity index (χ1) is 18.3. The van der Waals surface area contributed by atoms with Crippen molar-refractivity contribution >= 4 is 23.5 Å². The van der Waals surface area contributed by atoms with E-state index in [1.807, 2.05) is 6.07 Å². The topological polar surface area (TPSA) is 137 Å².